The van der Waals surface area contributed by atoms with Crippen molar-refractivity contribution in [1.82, 2.24) is 5.32 Å². The van der Waals surface area contributed by atoms with Crippen molar-refractivity contribution >= 4 is 56.8 Å². The Morgan fingerprint density at radius 1 is 1.07 bits per heavy atom. The van der Waals surface area contributed by atoms with Gasteiger partial charge in [0.15, 0.2) is 5.11 Å². The van der Waals surface area contributed by atoms with E-state index in [0.29, 0.717) is 22.7 Å². The van der Waals surface area contributed by atoms with Crippen LogP contribution in [0.15, 0.2) is 52.5 Å². The number of nitrogens with one attached hydrogen (secondary N) is 1. The van der Waals surface area contributed by atoms with Crippen molar-refractivity contribution in [2.75, 3.05) is 19.1 Å². The number of thiocarbonyl (C=S) groups is 1. The van der Waals surface area contributed by atoms with Crippen molar-refractivity contribution in [3.8, 4) is 11.5 Å². The van der Waals surface area contributed by atoms with E-state index in [1.807, 2.05) is 0 Å². The molecule has 2 aromatic rings. The predicted molar refractivity (Wildman–Crippen MR) is 110 cm³/mol. The van der Waals surface area contributed by atoms with Gasteiger partial charge in [-0.1, -0.05) is 15.9 Å². The van der Waals surface area contributed by atoms with Crippen molar-refractivity contribution in [3.63, 3.8) is 0 Å². The van der Waals surface area contributed by atoms with E-state index in [9.17, 15) is 9.59 Å². The lowest BCUT2D eigenvalue weighted by Crippen LogP contribution is -2.54. The molecule has 8 heteroatoms. The van der Waals surface area contributed by atoms with Crippen molar-refractivity contribution in [2.45, 2.75) is 0 Å². The van der Waals surface area contributed by atoms with Crippen LogP contribution in [0.25, 0.3) is 6.08 Å². The predicted octanol–water partition coefficient (Wildman–Crippen LogP) is 3.30. The van der Waals surface area contributed by atoms with E-state index in [4.69, 9.17) is 21.7 Å². The molecule has 0 unspecified atom stereocenters. The van der Waals surface area contributed by atoms with Gasteiger partial charge in [0.2, 0.25) is 0 Å². The van der Waals surface area contributed by atoms with Crippen LogP contribution in [0.2, 0.25) is 0 Å². The molecule has 2 aromatic carbocycles. The average molecular weight is 447 g/mol. The molecule has 1 saturated heterocycles. The maximum absolute atomic E-state index is 13.0. The lowest BCUT2D eigenvalue weighted by molar-refractivity contribution is -0.122. The van der Waals surface area contributed by atoms with Crippen LogP contribution in [0.3, 0.4) is 0 Å². The molecule has 0 bridgehead atoms. The van der Waals surface area contributed by atoms with Gasteiger partial charge < -0.3 is 9.47 Å². The Hall–Kier alpha value is -2.71. The molecule has 138 valence electrons. The van der Waals surface area contributed by atoms with Gasteiger partial charge in [-0.25, -0.2) is 0 Å². The summed E-state index contributed by atoms with van der Waals surface area (Å²) in [6.07, 6.45) is 1.46. The summed E-state index contributed by atoms with van der Waals surface area (Å²) in [6.45, 7) is 0. The number of ether oxygens (including phenoxy) is 2. The third-order valence-corrected chi connectivity index (χ3v) is 4.74. The van der Waals surface area contributed by atoms with E-state index in [-0.39, 0.29) is 10.7 Å². The SMILES string of the molecule is COc1ccc(OC)c(/C=C2/C(=O)NC(=S)N(c3ccc(Br)cc3)C2=O)c1. The fraction of sp³-hybridized carbons (Fsp3) is 0.105. The summed E-state index contributed by atoms with van der Waals surface area (Å²) in [5.74, 6) is -0.00183. The Morgan fingerprint density at radius 3 is 2.41 bits per heavy atom. The van der Waals surface area contributed by atoms with Gasteiger partial charge in [0, 0.05) is 10.0 Å². The highest BCUT2D eigenvalue weighted by molar-refractivity contribution is 9.10. The second-order valence-corrected chi connectivity index (χ2v) is 6.84. The van der Waals surface area contributed by atoms with Gasteiger partial charge in [0.05, 0.1) is 19.9 Å². The highest BCUT2D eigenvalue weighted by atomic mass is 79.9. The third kappa shape index (κ3) is 3.86. The molecule has 6 nitrogen and oxygen atoms in total. The molecule has 1 heterocycles. The Bertz CT molecular complexity index is 957. The Morgan fingerprint density at radius 2 is 1.78 bits per heavy atom. The van der Waals surface area contributed by atoms with Crippen molar-refractivity contribution in [1.29, 1.82) is 0 Å². The Kier molecular flexibility index (Phi) is 5.57. The molecule has 1 aliphatic heterocycles. The van der Waals surface area contributed by atoms with Gasteiger partial charge in [-0.2, -0.15) is 0 Å². The summed E-state index contributed by atoms with van der Waals surface area (Å²) >= 11 is 8.54. The first-order valence-corrected chi connectivity index (χ1v) is 9.03. The van der Waals surface area contributed by atoms with E-state index < -0.39 is 11.8 Å². The molecule has 1 fully saturated rings. The smallest absolute Gasteiger partial charge is 0.270 e. The van der Waals surface area contributed by atoms with Crippen LogP contribution < -0.4 is 19.7 Å². The highest BCUT2D eigenvalue weighted by Crippen LogP contribution is 2.28. The van der Waals surface area contributed by atoms with E-state index >= 15 is 0 Å². The summed E-state index contributed by atoms with van der Waals surface area (Å²) in [7, 11) is 3.04. The maximum atomic E-state index is 13.0. The number of carbonyl (C=O) groups excluding carboxylic acids is 2. The van der Waals surface area contributed by atoms with E-state index in [1.165, 1.54) is 25.2 Å². The quantitative estimate of drug-likeness (QED) is 0.443. The molecule has 0 aliphatic carbocycles. The summed E-state index contributed by atoms with van der Waals surface area (Å²) in [5, 5.41) is 2.58. The third-order valence-electron chi connectivity index (χ3n) is 3.92. The zero-order valence-electron chi connectivity index (χ0n) is 14.5. The molecule has 0 spiro atoms. The number of methoxy groups -OCH3 is 2. The first-order chi connectivity index (χ1) is 12.9. The van der Waals surface area contributed by atoms with E-state index in [0.717, 1.165) is 4.47 Å². The Balaban J connectivity index is 2.05. The van der Waals surface area contributed by atoms with Crippen LogP contribution in [0.1, 0.15) is 5.56 Å². The molecule has 1 N–H and O–H groups in total. The molecule has 27 heavy (non-hydrogen) atoms. The number of benzene rings is 2. The van der Waals surface area contributed by atoms with Crippen molar-refractivity contribution in [3.05, 3.63) is 58.1 Å². The monoisotopic (exact) mass is 446 g/mol. The molecule has 0 saturated carbocycles. The van der Waals surface area contributed by atoms with Gasteiger partial charge in [-0.05, 0) is 60.8 Å². The topological polar surface area (TPSA) is 67.9 Å². The number of anilines is 1. The second-order valence-electron chi connectivity index (χ2n) is 5.54. The van der Waals surface area contributed by atoms with Crippen LogP contribution in [0.4, 0.5) is 5.69 Å². The first kappa shape index (κ1) is 19.1. The normalized spacial score (nSPS) is 15.7. The van der Waals surface area contributed by atoms with Gasteiger partial charge in [0.1, 0.15) is 17.1 Å². The number of hydrogen-bond donors (Lipinski definition) is 1. The van der Waals surface area contributed by atoms with Crippen LogP contribution in [0.5, 0.6) is 11.5 Å². The zero-order valence-corrected chi connectivity index (χ0v) is 16.9. The summed E-state index contributed by atoms with van der Waals surface area (Å²) in [5.41, 5.74) is 1.04. The first-order valence-electron chi connectivity index (χ1n) is 7.83. The maximum Gasteiger partial charge on any atom is 0.270 e. The minimum Gasteiger partial charge on any atom is -0.497 e. The molecule has 0 atom stereocenters. The Labute approximate surface area is 169 Å². The highest BCUT2D eigenvalue weighted by Gasteiger charge is 2.34. The summed E-state index contributed by atoms with van der Waals surface area (Å²) in [6, 6.07) is 12.2. The van der Waals surface area contributed by atoms with Crippen LogP contribution in [-0.2, 0) is 9.59 Å². The van der Waals surface area contributed by atoms with Gasteiger partial charge in [-0.15, -0.1) is 0 Å². The number of hydrogen-bond acceptors (Lipinski definition) is 5. The molecule has 3 rings (SSSR count). The number of halogens is 1. The second kappa shape index (κ2) is 7.89. The summed E-state index contributed by atoms with van der Waals surface area (Å²) < 4.78 is 11.4. The largest absolute Gasteiger partial charge is 0.497 e. The van der Waals surface area contributed by atoms with Gasteiger partial charge in [-0.3, -0.25) is 19.8 Å². The van der Waals surface area contributed by atoms with Gasteiger partial charge >= 0.3 is 0 Å². The molecule has 0 aromatic heterocycles. The van der Waals surface area contributed by atoms with Gasteiger partial charge in [0.25, 0.3) is 11.8 Å². The molecular weight excluding hydrogens is 432 g/mol. The zero-order chi connectivity index (χ0) is 19.6. The molecule has 0 radical (unpaired) electrons. The summed E-state index contributed by atoms with van der Waals surface area (Å²) in [4.78, 5) is 26.7. The minimum absolute atomic E-state index is 0.0297. The fourth-order valence-electron chi connectivity index (χ4n) is 2.59. The number of rotatable bonds is 4. The molecule has 1 aliphatic rings. The van der Waals surface area contributed by atoms with Crippen LogP contribution in [-0.4, -0.2) is 31.1 Å². The minimum atomic E-state index is -0.566. The molecular formula is C19H15BrN2O4S. The number of carbonyl (C=O) groups is 2. The van der Waals surface area contributed by atoms with Crippen LogP contribution in [0, 0.1) is 0 Å². The van der Waals surface area contributed by atoms with E-state index in [1.54, 1.807) is 42.5 Å². The van der Waals surface area contributed by atoms with E-state index in [2.05, 4.69) is 21.2 Å². The van der Waals surface area contributed by atoms with Crippen LogP contribution >= 0.6 is 28.1 Å². The number of amides is 2. The number of nitrogens with zero attached hydrogens (tertiary/aromatic N) is 1. The lowest BCUT2D eigenvalue weighted by Gasteiger charge is -2.29. The lowest BCUT2D eigenvalue weighted by atomic mass is 10.1. The standard InChI is InChI=1S/C19H15BrN2O4S/c1-25-14-7-8-16(26-2)11(9-14)10-15-17(23)21-19(27)22(18(15)24)13-5-3-12(20)4-6-13/h3-10H,1-2H3,(H,21,23,27)/b15-10-. The average Bonchev–Trinajstić information content (AvgIpc) is 2.66. The van der Waals surface area contributed by atoms with Crippen molar-refractivity contribution in [2.24, 2.45) is 0 Å². The molecule has 2 amide bonds. The fourth-order valence-corrected chi connectivity index (χ4v) is 3.14. The van der Waals surface area contributed by atoms with Crippen molar-refractivity contribution < 1.29 is 19.1 Å².